The maximum Gasteiger partial charge on any atom is 0.236 e. The summed E-state index contributed by atoms with van der Waals surface area (Å²) >= 11 is 0. The Kier molecular flexibility index (Phi) is 4.58. The van der Waals surface area contributed by atoms with E-state index in [1.165, 1.54) is 44.3 Å². The van der Waals surface area contributed by atoms with Crippen LogP contribution in [0.25, 0.3) is 0 Å². The summed E-state index contributed by atoms with van der Waals surface area (Å²) in [5.74, 6) is 0. The molecule has 0 spiro atoms. The van der Waals surface area contributed by atoms with E-state index in [4.69, 9.17) is 0 Å². The number of hydrogen-bond donors (Lipinski definition) is 0. The van der Waals surface area contributed by atoms with Gasteiger partial charge in [0.1, 0.15) is 0 Å². The van der Waals surface area contributed by atoms with E-state index in [1.807, 2.05) is 0 Å². The van der Waals surface area contributed by atoms with Gasteiger partial charge < -0.3 is 0 Å². The fourth-order valence-corrected chi connectivity index (χ4v) is 6.54. The standard InChI is InChI=1S/C28H30B2/c1-17-13-19(3)27(20(4)14-17)29-23-9-7-11-25(23)30(26-12-8-10-24(26)29)28-21(5)15-18(2)16-22(28)6/h7-9,12-16H,10-11H2,1-6H3. The Hall–Kier alpha value is -2.47. The first kappa shape index (κ1) is 19.5. The lowest BCUT2D eigenvalue weighted by atomic mass is 9.21. The van der Waals surface area contributed by atoms with Crippen LogP contribution in [-0.2, 0) is 0 Å². The van der Waals surface area contributed by atoms with Crippen molar-refractivity contribution in [1.82, 2.24) is 0 Å². The van der Waals surface area contributed by atoms with Gasteiger partial charge in [0.15, 0.2) is 0 Å². The molecule has 2 heteroatoms. The van der Waals surface area contributed by atoms with Gasteiger partial charge in [0.25, 0.3) is 0 Å². The molecule has 2 aliphatic carbocycles. The molecule has 0 unspecified atom stereocenters. The maximum absolute atomic E-state index is 2.44. The minimum absolute atomic E-state index is 0.409. The molecular weight excluding hydrogens is 358 g/mol. The van der Waals surface area contributed by atoms with E-state index in [0.717, 1.165) is 12.8 Å². The van der Waals surface area contributed by atoms with E-state index in [2.05, 4.69) is 90.1 Å². The molecule has 1 heterocycles. The molecule has 0 fully saturated rings. The zero-order valence-corrected chi connectivity index (χ0v) is 19.2. The molecule has 0 N–H and O–H groups in total. The van der Waals surface area contributed by atoms with Gasteiger partial charge in [-0.2, -0.15) is 0 Å². The summed E-state index contributed by atoms with van der Waals surface area (Å²) < 4.78 is 0. The molecule has 0 aromatic heterocycles. The first-order chi connectivity index (χ1) is 14.4. The van der Waals surface area contributed by atoms with Crippen LogP contribution in [0.1, 0.15) is 46.2 Å². The Morgan fingerprint density at radius 2 is 0.867 bits per heavy atom. The van der Waals surface area contributed by atoms with Gasteiger partial charge in [-0.05, 0) is 54.4 Å². The van der Waals surface area contributed by atoms with Crippen molar-refractivity contribution in [1.29, 1.82) is 0 Å². The Bertz CT molecular complexity index is 1060. The monoisotopic (exact) mass is 388 g/mol. The summed E-state index contributed by atoms with van der Waals surface area (Å²) in [6.07, 6.45) is 11.8. The van der Waals surface area contributed by atoms with Crippen molar-refractivity contribution in [2.45, 2.75) is 54.4 Å². The third-order valence-electron chi connectivity index (χ3n) is 7.38. The van der Waals surface area contributed by atoms with Crippen LogP contribution in [0.15, 0.2) is 70.5 Å². The van der Waals surface area contributed by atoms with Crippen LogP contribution in [0.5, 0.6) is 0 Å². The molecule has 0 nitrogen and oxygen atoms in total. The molecule has 0 atom stereocenters. The molecule has 1 aliphatic heterocycles. The minimum atomic E-state index is 0.409. The predicted octanol–water partition coefficient (Wildman–Crippen LogP) is 5.32. The zero-order chi connectivity index (χ0) is 21.2. The summed E-state index contributed by atoms with van der Waals surface area (Å²) in [6, 6.07) is 9.46. The summed E-state index contributed by atoms with van der Waals surface area (Å²) in [6.45, 7) is 14.5. The Labute approximate surface area is 182 Å². The molecule has 148 valence electrons. The van der Waals surface area contributed by atoms with Crippen LogP contribution >= 0.6 is 0 Å². The van der Waals surface area contributed by atoms with E-state index < -0.39 is 0 Å². The van der Waals surface area contributed by atoms with Gasteiger partial charge in [-0.25, -0.2) is 0 Å². The molecule has 2 aromatic rings. The molecule has 0 bridgehead atoms. The van der Waals surface area contributed by atoms with Gasteiger partial charge in [0, 0.05) is 0 Å². The number of rotatable bonds is 2. The van der Waals surface area contributed by atoms with Crippen LogP contribution in [-0.4, -0.2) is 13.4 Å². The Balaban J connectivity index is 1.76. The largest absolute Gasteiger partial charge is 0.236 e. The average molecular weight is 388 g/mol. The van der Waals surface area contributed by atoms with Crippen molar-refractivity contribution in [2.75, 3.05) is 0 Å². The first-order valence-corrected chi connectivity index (χ1v) is 11.3. The predicted molar refractivity (Wildman–Crippen MR) is 134 cm³/mol. The highest BCUT2D eigenvalue weighted by Crippen LogP contribution is 2.40. The maximum atomic E-state index is 2.44. The second-order valence-electron chi connectivity index (χ2n) is 9.66. The number of allylic oxidation sites excluding steroid dienone is 8. The van der Waals surface area contributed by atoms with E-state index in [-0.39, 0.29) is 0 Å². The van der Waals surface area contributed by atoms with Crippen LogP contribution in [0, 0.1) is 41.5 Å². The highest BCUT2D eigenvalue weighted by atomic mass is 14.2. The second-order valence-corrected chi connectivity index (χ2v) is 9.66. The fraction of sp³-hybridized carbons (Fsp3) is 0.286. The lowest BCUT2D eigenvalue weighted by Gasteiger charge is -2.33. The van der Waals surface area contributed by atoms with E-state index in [0.29, 0.717) is 13.4 Å². The molecule has 5 rings (SSSR count). The van der Waals surface area contributed by atoms with E-state index in [9.17, 15) is 0 Å². The normalized spacial score (nSPS) is 17.4. The number of aryl methyl sites for hydroxylation is 6. The zero-order valence-electron chi connectivity index (χ0n) is 19.2. The van der Waals surface area contributed by atoms with Gasteiger partial charge in [-0.1, -0.05) is 115 Å². The van der Waals surface area contributed by atoms with Crippen molar-refractivity contribution in [2.24, 2.45) is 0 Å². The minimum Gasteiger partial charge on any atom is -0.0917 e. The summed E-state index contributed by atoms with van der Waals surface area (Å²) in [5, 5.41) is 0. The average Bonchev–Trinajstić information content (AvgIpc) is 3.31. The van der Waals surface area contributed by atoms with Crippen molar-refractivity contribution in [3.05, 3.63) is 104 Å². The Morgan fingerprint density at radius 1 is 0.533 bits per heavy atom. The van der Waals surface area contributed by atoms with Crippen molar-refractivity contribution in [3.8, 4) is 0 Å². The Morgan fingerprint density at radius 3 is 1.20 bits per heavy atom. The quantitative estimate of drug-likeness (QED) is 0.611. The lowest BCUT2D eigenvalue weighted by Crippen LogP contribution is -2.48. The lowest BCUT2D eigenvalue weighted by molar-refractivity contribution is 1.31. The van der Waals surface area contributed by atoms with Crippen molar-refractivity contribution in [3.63, 3.8) is 0 Å². The smallest absolute Gasteiger partial charge is 0.0917 e. The van der Waals surface area contributed by atoms with Gasteiger partial charge in [0.05, 0.1) is 0 Å². The third-order valence-corrected chi connectivity index (χ3v) is 7.38. The fourth-order valence-electron chi connectivity index (χ4n) is 6.54. The number of benzene rings is 2. The van der Waals surface area contributed by atoms with Crippen LogP contribution in [0.2, 0.25) is 0 Å². The summed E-state index contributed by atoms with van der Waals surface area (Å²) in [5.41, 5.74) is 17.9. The van der Waals surface area contributed by atoms with Crippen LogP contribution in [0.4, 0.5) is 0 Å². The first-order valence-electron chi connectivity index (χ1n) is 11.3. The SMILES string of the molecule is Cc1cc(C)c(B2C3=C(CC=C3)B(c3c(C)cc(C)cc3C)C3=C2CC=C3)c(C)c1. The highest BCUT2D eigenvalue weighted by molar-refractivity contribution is 6.98. The summed E-state index contributed by atoms with van der Waals surface area (Å²) in [4.78, 5) is 0. The third kappa shape index (κ3) is 2.84. The van der Waals surface area contributed by atoms with Gasteiger partial charge in [-0.15, -0.1) is 0 Å². The van der Waals surface area contributed by atoms with Gasteiger partial charge >= 0.3 is 0 Å². The molecule has 0 amide bonds. The second kappa shape index (κ2) is 7.05. The molecule has 30 heavy (non-hydrogen) atoms. The van der Waals surface area contributed by atoms with Crippen molar-refractivity contribution >= 4 is 24.4 Å². The number of hydrogen-bond acceptors (Lipinski definition) is 0. The molecular formula is C28H30B2. The molecule has 0 radical (unpaired) electrons. The van der Waals surface area contributed by atoms with E-state index in [1.54, 1.807) is 21.9 Å². The summed E-state index contributed by atoms with van der Waals surface area (Å²) in [7, 11) is 0. The topological polar surface area (TPSA) is 0 Å². The van der Waals surface area contributed by atoms with Gasteiger partial charge in [0.2, 0.25) is 13.4 Å². The van der Waals surface area contributed by atoms with Crippen molar-refractivity contribution < 1.29 is 0 Å². The molecule has 3 aliphatic rings. The van der Waals surface area contributed by atoms with E-state index >= 15 is 0 Å². The molecule has 0 saturated heterocycles. The van der Waals surface area contributed by atoms with Crippen LogP contribution < -0.4 is 10.9 Å². The highest BCUT2D eigenvalue weighted by Gasteiger charge is 2.43. The molecule has 2 aromatic carbocycles. The molecule has 0 saturated carbocycles. The van der Waals surface area contributed by atoms with Gasteiger partial charge in [-0.3, -0.25) is 0 Å². The van der Waals surface area contributed by atoms with Crippen LogP contribution in [0.3, 0.4) is 0 Å².